The van der Waals surface area contributed by atoms with Crippen molar-refractivity contribution in [2.45, 2.75) is 39.5 Å². The van der Waals surface area contributed by atoms with Crippen LogP contribution in [0.5, 0.6) is 0 Å². The number of nitrogens with zero attached hydrogens (tertiary/aromatic N) is 1. The number of urea groups is 1. The van der Waals surface area contributed by atoms with Crippen LogP contribution in [0.2, 0.25) is 0 Å². The molecule has 33 heavy (non-hydrogen) atoms. The molecule has 2 rings (SSSR count). The summed E-state index contributed by atoms with van der Waals surface area (Å²) in [4.78, 5) is 38.1. The first kappa shape index (κ1) is 25.7. The highest BCUT2D eigenvalue weighted by Gasteiger charge is 2.32. The number of anilines is 2. The zero-order chi connectivity index (χ0) is 24.8. The smallest absolute Gasteiger partial charge is 0.416 e. The Morgan fingerprint density at radius 1 is 1.00 bits per heavy atom. The second-order valence-corrected chi connectivity index (χ2v) is 8.29. The molecule has 0 aromatic heterocycles. The third-order valence-electron chi connectivity index (χ3n) is 4.17. The lowest BCUT2D eigenvalue weighted by Crippen LogP contribution is -2.45. The van der Waals surface area contributed by atoms with Gasteiger partial charge in [0.2, 0.25) is 5.91 Å². The third-order valence-corrected chi connectivity index (χ3v) is 4.17. The number of carbonyl (C=O) groups is 3. The lowest BCUT2D eigenvalue weighted by atomic mass is 10.1. The normalized spacial score (nSPS) is 11.5. The van der Waals surface area contributed by atoms with Crippen molar-refractivity contribution < 1.29 is 32.3 Å². The number of nitrogens with one attached hydrogen (secondary N) is 2. The minimum absolute atomic E-state index is 0.151. The van der Waals surface area contributed by atoms with Gasteiger partial charge in [-0.2, -0.15) is 13.2 Å². The number of esters is 1. The van der Waals surface area contributed by atoms with Crippen LogP contribution in [0, 0.1) is 6.92 Å². The molecule has 2 N–H and O–H groups in total. The summed E-state index contributed by atoms with van der Waals surface area (Å²) in [7, 11) is 0. The van der Waals surface area contributed by atoms with Crippen LogP contribution < -0.4 is 15.5 Å². The Morgan fingerprint density at radius 2 is 1.67 bits per heavy atom. The van der Waals surface area contributed by atoms with E-state index in [9.17, 15) is 27.6 Å². The third kappa shape index (κ3) is 8.47. The Bertz CT molecular complexity index is 1020. The summed E-state index contributed by atoms with van der Waals surface area (Å²) in [5.41, 5.74) is -0.569. The highest BCUT2D eigenvalue weighted by Crippen LogP contribution is 2.31. The number of ether oxygens (including phenoxy) is 1. The molecule has 0 heterocycles. The van der Waals surface area contributed by atoms with Gasteiger partial charge in [0.15, 0.2) is 0 Å². The molecule has 0 atom stereocenters. The lowest BCUT2D eigenvalue weighted by molar-refractivity contribution is -0.153. The summed E-state index contributed by atoms with van der Waals surface area (Å²) in [6.07, 6.45) is -4.64. The van der Waals surface area contributed by atoms with Gasteiger partial charge in [0.1, 0.15) is 12.1 Å². The van der Waals surface area contributed by atoms with Gasteiger partial charge in [0.25, 0.3) is 0 Å². The van der Waals surface area contributed by atoms with Crippen LogP contribution in [-0.2, 0) is 20.5 Å². The van der Waals surface area contributed by atoms with Crippen molar-refractivity contribution in [1.29, 1.82) is 0 Å². The summed E-state index contributed by atoms with van der Waals surface area (Å²) >= 11 is 0. The number of rotatable bonds is 6. The fraction of sp³-hybridized carbons (Fsp3) is 0.348. The van der Waals surface area contributed by atoms with Gasteiger partial charge < -0.3 is 15.4 Å². The predicted molar refractivity (Wildman–Crippen MR) is 118 cm³/mol. The lowest BCUT2D eigenvalue weighted by Gasteiger charge is -2.26. The Kier molecular flexibility index (Phi) is 8.08. The van der Waals surface area contributed by atoms with E-state index in [2.05, 4.69) is 10.6 Å². The van der Waals surface area contributed by atoms with E-state index in [4.69, 9.17) is 4.74 Å². The second-order valence-electron chi connectivity index (χ2n) is 8.29. The summed E-state index contributed by atoms with van der Waals surface area (Å²) in [5, 5.41) is 4.91. The average molecular weight is 465 g/mol. The van der Waals surface area contributed by atoms with Gasteiger partial charge in [-0.3, -0.25) is 14.5 Å². The quantitative estimate of drug-likeness (QED) is 0.615. The molecule has 0 spiro atoms. The van der Waals surface area contributed by atoms with Crippen LogP contribution in [0.3, 0.4) is 0 Å². The molecule has 0 saturated carbocycles. The van der Waals surface area contributed by atoms with E-state index < -0.39 is 48.3 Å². The minimum atomic E-state index is -4.64. The number of aryl methyl sites for hydroxylation is 1. The molecule has 0 fully saturated rings. The van der Waals surface area contributed by atoms with Crippen molar-refractivity contribution in [3.63, 3.8) is 0 Å². The maximum atomic E-state index is 13.1. The minimum Gasteiger partial charge on any atom is -0.459 e. The largest absolute Gasteiger partial charge is 0.459 e. The molecule has 0 radical (unpaired) electrons. The molecule has 2 aromatic rings. The summed E-state index contributed by atoms with van der Waals surface area (Å²) < 4.78 is 44.6. The monoisotopic (exact) mass is 465 g/mol. The summed E-state index contributed by atoms with van der Waals surface area (Å²) in [6, 6.07) is 10.3. The fourth-order valence-corrected chi connectivity index (χ4v) is 2.83. The van der Waals surface area contributed by atoms with Crippen molar-refractivity contribution in [1.82, 2.24) is 5.32 Å². The highest BCUT2D eigenvalue weighted by atomic mass is 19.4. The maximum Gasteiger partial charge on any atom is 0.416 e. The van der Waals surface area contributed by atoms with Crippen molar-refractivity contribution in [3.8, 4) is 0 Å². The SMILES string of the molecule is Cc1cccc(NC(=O)NCC(=O)N(CC(=O)OC(C)(C)C)c2cccc(C(F)(F)F)c2)c1. The Hall–Kier alpha value is -3.56. The van der Waals surface area contributed by atoms with Crippen LogP contribution in [-0.4, -0.2) is 36.6 Å². The molecule has 2 aromatic carbocycles. The van der Waals surface area contributed by atoms with Gasteiger partial charge in [-0.1, -0.05) is 18.2 Å². The van der Waals surface area contributed by atoms with Crippen LogP contribution in [0.15, 0.2) is 48.5 Å². The summed E-state index contributed by atoms with van der Waals surface area (Å²) in [5.74, 6) is -1.60. The van der Waals surface area contributed by atoms with Crippen molar-refractivity contribution in [3.05, 3.63) is 59.7 Å². The number of halogens is 3. The van der Waals surface area contributed by atoms with Gasteiger partial charge in [0, 0.05) is 11.4 Å². The molecule has 0 aliphatic carbocycles. The number of carbonyl (C=O) groups excluding carboxylic acids is 3. The standard InChI is InChI=1S/C23H26F3N3O4/c1-15-7-5-9-17(11-15)28-21(32)27-13-19(30)29(14-20(31)33-22(2,3)4)18-10-6-8-16(12-18)23(24,25)26/h5-12H,13-14H2,1-4H3,(H2,27,28,32). The zero-order valence-corrected chi connectivity index (χ0v) is 18.7. The van der Waals surface area contributed by atoms with E-state index in [-0.39, 0.29) is 5.69 Å². The van der Waals surface area contributed by atoms with Gasteiger partial charge in [-0.25, -0.2) is 4.79 Å². The van der Waals surface area contributed by atoms with Crippen LogP contribution in [0.1, 0.15) is 31.9 Å². The highest BCUT2D eigenvalue weighted by molar-refractivity contribution is 6.01. The van der Waals surface area contributed by atoms with E-state index in [1.165, 1.54) is 6.07 Å². The Balaban J connectivity index is 2.17. The first-order valence-corrected chi connectivity index (χ1v) is 10.1. The van der Waals surface area contributed by atoms with E-state index >= 15 is 0 Å². The molecule has 0 bridgehead atoms. The van der Waals surface area contributed by atoms with E-state index in [0.717, 1.165) is 28.7 Å². The molecular formula is C23H26F3N3O4. The summed E-state index contributed by atoms with van der Waals surface area (Å²) in [6.45, 7) is 5.53. The molecule has 0 aliphatic heterocycles. The van der Waals surface area contributed by atoms with Crippen molar-refractivity contribution in [2.24, 2.45) is 0 Å². The molecule has 0 aliphatic rings. The van der Waals surface area contributed by atoms with Crippen molar-refractivity contribution in [2.75, 3.05) is 23.3 Å². The van der Waals surface area contributed by atoms with Gasteiger partial charge in [-0.05, 0) is 63.6 Å². The van der Waals surface area contributed by atoms with E-state index in [0.29, 0.717) is 5.69 Å². The molecule has 7 nitrogen and oxygen atoms in total. The zero-order valence-electron chi connectivity index (χ0n) is 18.7. The predicted octanol–water partition coefficient (Wildman–Crippen LogP) is 4.51. The van der Waals surface area contributed by atoms with Crippen LogP contribution in [0.4, 0.5) is 29.3 Å². The second kappa shape index (κ2) is 10.4. The Morgan fingerprint density at radius 3 is 2.27 bits per heavy atom. The molecule has 0 saturated heterocycles. The molecule has 3 amide bonds. The molecule has 178 valence electrons. The number of alkyl halides is 3. The van der Waals surface area contributed by atoms with E-state index in [1.54, 1.807) is 39.0 Å². The van der Waals surface area contributed by atoms with Crippen LogP contribution >= 0.6 is 0 Å². The first-order chi connectivity index (χ1) is 15.2. The average Bonchev–Trinajstić information content (AvgIpc) is 2.68. The van der Waals surface area contributed by atoms with E-state index in [1.807, 2.05) is 13.0 Å². The number of amides is 3. The molecule has 0 unspecified atom stereocenters. The maximum absolute atomic E-state index is 13.1. The van der Waals surface area contributed by atoms with Crippen molar-refractivity contribution >= 4 is 29.3 Å². The molecule has 10 heteroatoms. The van der Waals surface area contributed by atoms with Gasteiger partial charge in [0.05, 0.1) is 12.1 Å². The number of benzene rings is 2. The molecular weight excluding hydrogens is 439 g/mol. The Labute approximate surface area is 189 Å². The fourth-order valence-electron chi connectivity index (χ4n) is 2.83. The van der Waals surface area contributed by atoms with Gasteiger partial charge in [-0.15, -0.1) is 0 Å². The first-order valence-electron chi connectivity index (χ1n) is 10.1. The van der Waals surface area contributed by atoms with Gasteiger partial charge >= 0.3 is 18.2 Å². The van der Waals surface area contributed by atoms with Crippen LogP contribution in [0.25, 0.3) is 0 Å². The topological polar surface area (TPSA) is 87.7 Å². The number of hydrogen-bond acceptors (Lipinski definition) is 4. The number of hydrogen-bond donors (Lipinski definition) is 2.